The van der Waals surface area contributed by atoms with Gasteiger partial charge in [0, 0.05) is 6.42 Å². The number of benzene rings is 2. The van der Waals surface area contributed by atoms with Crippen LogP contribution in [0.15, 0.2) is 42.5 Å². The molecule has 27 heavy (non-hydrogen) atoms. The highest BCUT2D eigenvalue weighted by Crippen LogP contribution is 2.16. The highest BCUT2D eigenvalue weighted by Gasteiger charge is 2.15. The van der Waals surface area contributed by atoms with E-state index in [1.54, 1.807) is 12.1 Å². The van der Waals surface area contributed by atoms with Gasteiger partial charge in [-0.25, -0.2) is 4.39 Å². The zero-order valence-electron chi connectivity index (χ0n) is 14.9. The summed E-state index contributed by atoms with van der Waals surface area (Å²) in [6.45, 7) is 4.11. The van der Waals surface area contributed by atoms with Crippen LogP contribution in [0.3, 0.4) is 0 Å². The topological polar surface area (TPSA) is 87.2 Å². The third kappa shape index (κ3) is 3.57. The molecule has 9 heteroatoms. The Bertz CT molecular complexity index is 1080. The summed E-state index contributed by atoms with van der Waals surface area (Å²) in [7, 11) is 0. The van der Waals surface area contributed by atoms with Crippen LogP contribution in [-0.2, 0) is 13.0 Å². The summed E-state index contributed by atoms with van der Waals surface area (Å²) in [6, 6.07) is 12.8. The average Bonchev–Trinajstić information content (AvgIpc) is 3.29. The third-order valence-electron chi connectivity index (χ3n) is 4.25. The van der Waals surface area contributed by atoms with Gasteiger partial charge >= 0.3 is 0 Å². The van der Waals surface area contributed by atoms with E-state index in [1.807, 2.05) is 38.1 Å². The van der Waals surface area contributed by atoms with Gasteiger partial charge in [-0.15, -0.1) is 15.3 Å². The molecule has 0 radical (unpaired) electrons. The fraction of sp³-hybridized carbons (Fsp3) is 0.222. The Morgan fingerprint density at radius 3 is 2.70 bits per heavy atom. The first-order valence-electron chi connectivity index (χ1n) is 8.45. The molecular weight excluding hydrogens is 347 g/mol. The van der Waals surface area contributed by atoms with Gasteiger partial charge in [0.25, 0.3) is 0 Å². The van der Waals surface area contributed by atoms with E-state index in [-0.39, 0.29) is 12.2 Å². The van der Waals surface area contributed by atoms with Crippen molar-refractivity contribution in [1.29, 1.82) is 0 Å². The van der Waals surface area contributed by atoms with Gasteiger partial charge in [-0.05, 0) is 58.3 Å². The Labute approximate surface area is 154 Å². The maximum Gasteiger partial charge on any atom is 0.180 e. The Morgan fingerprint density at radius 2 is 1.85 bits per heavy atom. The number of hydrogen-bond acceptors (Lipinski definition) is 6. The quantitative estimate of drug-likeness (QED) is 0.539. The molecule has 0 aliphatic carbocycles. The van der Waals surface area contributed by atoms with Crippen LogP contribution >= 0.6 is 0 Å². The van der Waals surface area contributed by atoms with Crippen molar-refractivity contribution in [2.45, 2.75) is 26.8 Å². The van der Waals surface area contributed by atoms with Crippen LogP contribution in [0.5, 0.6) is 0 Å². The molecule has 4 aromatic rings. The zero-order valence-corrected chi connectivity index (χ0v) is 14.9. The lowest BCUT2D eigenvalue weighted by Crippen LogP contribution is -2.12. The van der Waals surface area contributed by atoms with Crippen LogP contribution < -0.4 is 0 Å². The first kappa shape index (κ1) is 17.0. The normalized spacial score (nSPS) is 11.1. The molecule has 8 nitrogen and oxygen atoms in total. The standard InChI is InChI=1S/C18H17FN8/c1-12-7-8-15(19)16(9-12)27-18(21-23-25-27)11-26-22-17(20-24-26)10-14-6-4-3-5-13(14)2/h3-9H,10-11H2,1-2H3. The molecule has 0 N–H and O–H groups in total. The molecule has 0 aliphatic rings. The van der Waals surface area contributed by atoms with Crippen molar-refractivity contribution in [2.75, 3.05) is 0 Å². The minimum atomic E-state index is -0.402. The maximum absolute atomic E-state index is 14.2. The van der Waals surface area contributed by atoms with Crippen LogP contribution in [0.1, 0.15) is 28.3 Å². The molecule has 0 atom stereocenters. The minimum absolute atomic E-state index is 0.182. The van der Waals surface area contributed by atoms with Gasteiger partial charge < -0.3 is 0 Å². The lowest BCUT2D eigenvalue weighted by molar-refractivity contribution is 0.536. The summed E-state index contributed by atoms with van der Waals surface area (Å²) in [5.41, 5.74) is 3.51. The molecule has 0 saturated carbocycles. The Hall–Kier alpha value is -3.49. The summed E-state index contributed by atoms with van der Waals surface area (Å²) < 4.78 is 15.5. The molecule has 0 saturated heterocycles. The third-order valence-corrected chi connectivity index (χ3v) is 4.25. The molecule has 0 spiro atoms. The molecule has 0 unspecified atom stereocenters. The fourth-order valence-electron chi connectivity index (χ4n) is 2.80. The number of halogens is 1. The molecule has 136 valence electrons. The Balaban J connectivity index is 1.56. The minimum Gasteiger partial charge on any atom is -0.205 e. The number of hydrogen-bond donors (Lipinski definition) is 0. The van der Waals surface area contributed by atoms with E-state index in [2.05, 4.69) is 30.9 Å². The Morgan fingerprint density at radius 1 is 1.00 bits per heavy atom. The van der Waals surface area contributed by atoms with Crippen LogP contribution in [0, 0.1) is 19.7 Å². The molecule has 2 aromatic carbocycles. The van der Waals surface area contributed by atoms with Gasteiger partial charge in [0.1, 0.15) is 18.0 Å². The molecule has 0 bridgehead atoms. The number of tetrazole rings is 2. The Kier molecular flexibility index (Phi) is 4.41. The van der Waals surface area contributed by atoms with Crippen LogP contribution in [0.4, 0.5) is 4.39 Å². The largest absolute Gasteiger partial charge is 0.205 e. The molecule has 4 rings (SSSR count). The number of aromatic nitrogens is 8. The van der Waals surface area contributed by atoms with E-state index in [0.29, 0.717) is 18.1 Å². The highest BCUT2D eigenvalue weighted by atomic mass is 19.1. The van der Waals surface area contributed by atoms with Gasteiger partial charge in [-0.1, -0.05) is 30.3 Å². The predicted octanol–water partition coefficient (Wildman–Crippen LogP) is 2.04. The monoisotopic (exact) mass is 364 g/mol. The maximum atomic E-state index is 14.2. The van der Waals surface area contributed by atoms with Gasteiger partial charge in [0.05, 0.1) is 0 Å². The van der Waals surface area contributed by atoms with Crippen molar-refractivity contribution in [2.24, 2.45) is 0 Å². The SMILES string of the molecule is Cc1ccc(F)c(-n2nnnc2Cn2nnc(Cc3ccccc3C)n2)c1. The fourth-order valence-corrected chi connectivity index (χ4v) is 2.80. The summed E-state index contributed by atoms with van der Waals surface area (Å²) in [5.74, 6) is 0.616. The lowest BCUT2D eigenvalue weighted by atomic mass is 10.1. The van der Waals surface area contributed by atoms with Crippen molar-refractivity contribution in [3.8, 4) is 5.69 Å². The number of nitrogens with zero attached hydrogens (tertiary/aromatic N) is 8. The zero-order chi connectivity index (χ0) is 18.8. The molecule has 0 aliphatic heterocycles. The summed E-state index contributed by atoms with van der Waals surface area (Å²) in [6.07, 6.45) is 0.587. The van der Waals surface area contributed by atoms with Crippen molar-refractivity contribution in [1.82, 2.24) is 40.4 Å². The van der Waals surface area contributed by atoms with E-state index >= 15 is 0 Å². The predicted molar refractivity (Wildman–Crippen MR) is 94.8 cm³/mol. The summed E-state index contributed by atoms with van der Waals surface area (Å²) in [4.78, 5) is 1.41. The van der Waals surface area contributed by atoms with Gasteiger partial charge in [-0.3, -0.25) is 0 Å². The summed E-state index contributed by atoms with van der Waals surface area (Å²) >= 11 is 0. The van der Waals surface area contributed by atoms with E-state index in [4.69, 9.17) is 0 Å². The second kappa shape index (κ2) is 7.02. The number of rotatable bonds is 5. The van der Waals surface area contributed by atoms with Crippen molar-refractivity contribution in [3.05, 3.63) is 76.6 Å². The second-order valence-electron chi connectivity index (χ2n) is 6.30. The average molecular weight is 364 g/mol. The van der Waals surface area contributed by atoms with E-state index in [1.165, 1.54) is 21.1 Å². The van der Waals surface area contributed by atoms with E-state index < -0.39 is 5.82 Å². The van der Waals surface area contributed by atoms with Crippen LogP contribution in [0.2, 0.25) is 0 Å². The first-order valence-corrected chi connectivity index (χ1v) is 8.45. The summed E-state index contributed by atoms with van der Waals surface area (Å²) in [5, 5.41) is 24.1. The van der Waals surface area contributed by atoms with Crippen molar-refractivity contribution in [3.63, 3.8) is 0 Å². The molecule has 2 heterocycles. The van der Waals surface area contributed by atoms with Crippen LogP contribution in [-0.4, -0.2) is 40.4 Å². The molecular formula is C18H17FN8. The molecule has 0 fully saturated rings. The van der Waals surface area contributed by atoms with Crippen LogP contribution in [0.25, 0.3) is 5.69 Å². The second-order valence-corrected chi connectivity index (χ2v) is 6.30. The van der Waals surface area contributed by atoms with Gasteiger partial charge in [0.15, 0.2) is 11.6 Å². The van der Waals surface area contributed by atoms with E-state index in [0.717, 1.165) is 11.1 Å². The smallest absolute Gasteiger partial charge is 0.180 e. The molecule has 2 aromatic heterocycles. The molecule has 0 amide bonds. The van der Waals surface area contributed by atoms with Crippen molar-refractivity contribution < 1.29 is 4.39 Å². The van der Waals surface area contributed by atoms with Crippen molar-refractivity contribution >= 4 is 0 Å². The highest BCUT2D eigenvalue weighted by molar-refractivity contribution is 5.36. The van der Waals surface area contributed by atoms with E-state index in [9.17, 15) is 4.39 Å². The van der Waals surface area contributed by atoms with Gasteiger partial charge in [0.2, 0.25) is 0 Å². The number of aryl methyl sites for hydroxylation is 2. The lowest BCUT2D eigenvalue weighted by Gasteiger charge is -2.06. The van der Waals surface area contributed by atoms with Gasteiger partial charge in [-0.2, -0.15) is 9.48 Å². The first-order chi connectivity index (χ1) is 13.1.